The summed E-state index contributed by atoms with van der Waals surface area (Å²) in [6.45, 7) is 5.78. The molecule has 7 nitrogen and oxygen atoms in total. The van der Waals surface area contributed by atoms with Gasteiger partial charge in [0, 0.05) is 43.4 Å². The number of amides is 1. The molecule has 0 aliphatic carbocycles. The normalized spacial score (nSPS) is 15.8. The van der Waals surface area contributed by atoms with Gasteiger partial charge in [0.1, 0.15) is 6.61 Å². The van der Waals surface area contributed by atoms with Gasteiger partial charge in [0.15, 0.2) is 5.75 Å². The molecule has 2 aromatic heterocycles. The molecular weight excluding hydrogens is 346 g/mol. The zero-order valence-corrected chi connectivity index (χ0v) is 15.8. The molecule has 3 aromatic rings. The Morgan fingerprint density at radius 1 is 1.11 bits per heavy atom. The lowest BCUT2D eigenvalue weighted by Crippen LogP contribution is -2.39. The molecule has 7 heteroatoms. The van der Waals surface area contributed by atoms with E-state index in [9.17, 15) is 14.4 Å². The summed E-state index contributed by atoms with van der Waals surface area (Å²) in [6, 6.07) is 4.92. The van der Waals surface area contributed by atoms with Gasteiger partial charge in [-0.1, -0.05) is 0 Å². The van der Waals surface area contributed by atoms with Crippen LogP contribution in [-0.2, 0) is 11.8 Å². The Morgan fingerprint density at radius 2 is 1.74 bits per heavy atom. The monoisotopic (exact) mass is 367 g/mol. The number of aryl methyl sites for hydroxylation is 3. The number of fused-ring (bicyclic) bond motifs is 2. The van der Waals surface area contributed by atoms with E-state index in [1.165, 1.54) is 6.92 Å². The maximum absolute atomic E-state index is 12.8. The van der Waals surface area contributed by atoms with Crippen molar-refractivity contribution in [2.75, 3.05) is 13.2 Å². The molecule has 27 heavy (non-hydrogen) atoms. The van der Waals surface area contributed by atoms with Crippen LogP contribution >= 0.6 is 0 Å². The van der Waals surface area contributed by atoms with Gasteiger partial charge in [-0.2, -0.15) is 0 Å². The van der Waals surface area contributed by atoms with Crippen LogP contribution in [0.5, 0.6) is 5.75 Å². The number of rotatable bonds is 2. The largest absolute Gasteiger partial charge is 0.487 e. The van der Waals surface area contributed by atoms with Gasteiger partial charge < -0.3 is 14.6 Å². The first-order valence-corrected chi connectivity index (χ1v) is 8.86. The molecule has 140 valence electrons. The highest BCUT2D eigenvalue weighted by Crippen LogP contribution is 2.39. The topological polar surface area (TPSA) is 82.3 Å². The second-order valence-corrected chi connectivity index (χ2v) is 7.16. The van der Waals surface area contributed by atoms with Crippen molar-refractivity contribution in [1.29, 1.82) is 0 Å². The van der Waals surface area contributed by atoms with Crippen LogP contribution < -0.4 is 21.2 Å². The molecule has 1 aliphatic rings. The molecule has 4 rings (SSSR count). The second-order valence-electron chi connectivity index (χ2n) is 7.16. The minimum absolute atomic E-state index is 0.124. The van der Waals surface area contributed by atoms with Crippen LogP contribution in [0.1, 0.15) is 24.1 Å². The summed E-state index contributed by atoms with van der Waals surface area (Å²) in [6.07, 6.45) is 0. The van der Waals surface area contributed by atoms with E-state index < -0.39 is 0 Å². The molecule has 0 spiro atoms. The smallest absolute Gasteiger partial charge is 0.251 e. The average Bonchev–Trinajstić information content (AvgIpc) is 2.61. The molecule has 1 aliphatic heterocycles. The zero-order valence-electron chi connectivity index (χ0n) is 15.8. The standard InChI is InChI=1S/C20H21N3O4/c1-10-5-16(25)22(4)18-14(10)7-15-11(2)6-17(26)23-13(8-21-12(3)24)9-27-20(18)19(15)23/h5-7,13H,8-9H2,1-4H3,(H,21,24). The van der Waals surface area contributed by atoms with Crippen molar-refractivity contribution in [3.8, 4) is 5.75 Å². The first-order chi connectivity index (χ1) is 12.8. The third kappa shape index (κ3) is 2.53. The number of carbonyl (C=O) groups excluding carboxylic acids is 1. The van der Waals surface area contributed by atoms with E-state index >= 15 is 0 Å². The van der Waals surface area contributed by atoms with Crippen molar-refractivity contribution < 1.29 is 9.53 Å². The Hall–Kier alpha value is -3.09. The van der Waals surface area contributed by atoms with E-state index in [2.05, 4.69) is 5.32 Å². The molecule has 0 saturated heterocycles. The highest BCUT2D eigenvalue weighted by molar-refractivity contribution is 6.04. The van der Waals surface area contributed by atoms with Crippen molar-refractivity contribution in [2.24, 2.45) is 7.05 Å². The summed E-state index contributed by atoms with van der Waals surface area (Å²) >= 11 is 0. The third-order valence-corrected chi connectivity index (χ3v) is 5.27. The molecule has 0 fully saturated rings. The minimum Gasteiger partial charge on any atom is -0.487 e. The summed E-state index contributed by atoms with van der Waals surface area (Å²) in [4.78, 5) is 36.5. The van der Waals surface area contributed by atoms with E-state index in [1.807, 2.05) is 19.9 Å². The number of hydrogen-bond donors (Lipinski definition) is 1. The van der Waals surface area contributed by atoms with E-state index in [0.29, 0.717) is 23.3 Å². The van der Waals surface area contributed by atoms with Crippen molar-refractivity contribution >= 4 is 27.7 Å². The lowest BCUT2D eigenvalue weighted by molar-refractivity contribution is -0.119. The van der Waals surface area contributed by atoms with Gasteiger partial charge in [0.25, 0.3) is 11.1 Å². The first-order valence-electron chi connectivity index (χ1n) is 8.86. The molecule has 1 aromatic carbocycles. The maximum atomic E-state index is 12.8. The van der Waals surface area contributed by atoms with E-state index in [-0.39, 0.29) is 29.7 Å². The molecule has 0 saturated carbocycles. The van der Waals surface area contributed by atoms with Gasteiger partial charge in [-0.25, -0.2) is 0 Å². The van der Waals surface area contributed by atoms with Crippen LogP contribution in [0.2, 0.25) is 0 Å². The summed E-state index contributed by atoms with van der Waals surface area (Å²) in [5.41, 5.74) is 2.82. The van der Waals surface area contributed by atoms with Crippen LogP contribution in [0.15, 0.2) is 27.8 Å². The van der Waals surface area contributed by atoms with Crippen LogP contribution in [0.25, 0.3) is 21.8 Å². The number of benzene rings is 1. The summed E-state index contributed by atoms with van der Waals surface area (Å²) < 4.78 is 9.33. The Morgan fingerprint density at radius 3 is 2.41 bits per heavy atom. The van der Waals surface area contributed by atoms with Crippen molar-refractivity contribution in [3.63, 3.8) is 0 Å². The molecule has 3 heterocycles. The highest BCUT2D eigenvalue weighted by Gasteiger charge is 2.28. The predicted molar refractivity (Wildman–Crippen MR) is 104 cm³/mol. The van der Waals surface area contributed by atoms with Crippen LogP contribution in [0.4, 0.5) is 0 Å². The van der Waals surface area contributed by atoms with Gasteiger partial charge in [0.2, 0.25) is 5.91 Å². The molecule has 0 bridgehead atoms. The van der Waals surface area contributed by atoms with E-state index in [0.717, 1.165) is 21.9 Å². The third-order valence-electron chi connectivity index (χ3n) is 5.27. The van der Waals surface area contributed by atoms with Crippen LogP contribution in [-0.4, -0.2) is 28.2 Å². The Bertz CT molecular complexity index is 1240. The highest BCUT2D eigenvalue weighted by atomic mass is 16.5. The summed E-state index contributed by atoms with van der Waals surface area (Å²) in [5, 5.41) is 4.60. The van der Waals surface area contributed by atoms with E-state index in [1.54, 1.807) is 28.3 Å². The lowest BCUT2D eigenvalue weighted by Gasteiger charge is -2.30. The van der Waals surface area contributed by atoms with Crippen molar-refractivity contribution in [1.82, 2.24) is 14.5 Å². The first kappa shape index (κ1) is 17.3. The molecular formula is C20H21N3O4. The number of nitrogens with one attached hydrogen (secondary N) is 1. The summed E-state index contributed by atoms with van der Waals surface area (Å²) in [5.74, 6) is 0.388. The Balaban J connectivity index is 2.15. The Labute approximate surface area is 155 Å². The van der Waals surface area contributed by atoms with Crippen LogP contribution in [0.3, 0.4) is 0 Å². The minimum atomic E-state index is -0.309. The van der Waals surface area contributed by atoms with Gasteiger partial charge in [-0.3, -0.25) is 19.0 Å². The van der Waals surface area contributed by atoms with Crippen LogP contribution in [0, 0.1) is 13.8 Å². The Kier molecular flexibility index (Phi) is 3.83. The van der Waals surface area contributed by atoms with Gasteiger partial charge >= 0.3 is 0 Å². The molecule has 1 N–H and O–H groups in total. The predicted octanol–water partition coefficient (Wildman–Crippen LogP) is 1.54. The van der Waals surface area contributed by atoms with Crippen molar-refractivity contribution in [3.05, 3.63) is 50.0 Å². The van der Waals surface area contributed by atoms with Gasteiger partial charge in [0.05, 0.1) is 17.1 Å². The average molecular weight is 367 g/mol. The summed E-state index contributed by atoms with van der Waals surface area (Å²) in [7, 11) is 1.71. The SMILES string of the molecule is CC(=O)NCC1COc2c3c(cc4c(C)cc(=O)n1c24)c(C)cc(=O)n3C. The van der Waals surface area contributed by atoms with Gasteiger partial charge in [-0.05, 0) is 31.0 Å². The fourth-order valence-electron chi connectivity index (χ4n) is 3.89. The quantitative estimate of drug-likeness (QED) is 0.697. The number of ether oxygens (including phenoxy) is 1. The molecule has 1 amide bonds. The number of hydrogen-bond acceptors (Lipinski definition) is 4. The number of aromatic nitrogens is 2. The fourth-order valence-corrected chi connectivity index (χ4v) is 3.89. The number of nitrogens with zero attached hydrogens (tertiary/aromatic N) is 2. The second kappa shape index (κ2) is 5.97. The lowest BCUT2D eigenvalue weighted by atomic mass is 10.0. The fraction of sp³-hybridized carbons (Fsp3) is 0.350. The molecule has 1 atom stereocenters. The zero-order chi connectivity index (χ0) is 19.5. The van der Waals surface area contributed by atoms with E-state index in [4.69, 9.17) is 4.74 Å². The molecule has 0 radical (unpaired) electrons. The van der Waals surface area contributed by atoms with Crippen molar-refractivity contribution in [2.45, 2.75) is 26.8 Å². The maximum Gasteiger partial charge on any atom is 0.251 e. The number of pyridine rings is 2. The van der Waals surface area contributed by atoms with Gasteiger partial charge in [-0.15, -0.1) is 0 Å². The number of carbonyl (C=O) groups is 1. The molecule has 1 unspecified atom stereocenters.